The molecule has 1 unspecified atom stereocenters. The van der Waals surface area contributed by atoms with Crippen LogP contribution in [0.1, 0.15) is 27.9 Å². The third kappa shape index (κ3) is 3.70. The van der Waals surface area contributed by atoms with Crippen molar-refractivity contribution in [3.63, 3.8) is 0 Å². The molecule has 0 spiro atoms. The van der Waals surface area contributed by atoms with Crippen molar-refractivity contribution < 1.29 is 14.7 Å². The first-order valence-corrected chi connectivity index (χ1v) is 11.2. The van der Waals surface area contributed by atoms with Gasteiger partial charge in [0.15, 0.2) is 11.4 Å². The highest BCUT2D eigenvalue weighted by Gasteiger charge is 2.50. The molecule has 0 aromatic heterocycles. The number of carbonyl (C=O) groups excluding carboxylic acids is 2. The molecular weight excluding hydrogens is 457 g/mol. The van der Waals surface area contributed by atoms with E-state index >= 15 is 0 Å². The lowest BCUT2D eigenvalue weighted by Gasteiger charge is -2.23. The monoisotopic (exact) mass is 475 g/mol. The van der Waals surface area contributed by atoms with Gasteiger partial charge in [-0.15, -0.1) is 0 Å². The van der Waals surface area contributed by atoms with Crippen LogP contribution in [-0.4, -0.2) is 16.8 Å². The predicted molar refractivity (Wildman–Crippen MR) is 131 cm³/mol. The lowest BCUT2D eigenvalue weighted by molar-refractivity contribution is -0.136. The molecule has 1 N–H and O–H groups in total. The zero-order valence-electron chi connectivity index (χ0n) is 17.5. The van der Waals surface area contributed by atoms with Crippen LogP contribution in [0.15, 0.2) is 84.9 Å². The maximum atomic E-state index is 13.5. The van der Waals surface area contributed by atoms with E-state index in [-0.39, 0.29) is 18.7 Å². The molecule has 6 heteroatoms. The maximum absolute atomic E-state index is 13.5. The molecule has 0 aliphatic carbocycles. The Bertz CT molecular complexity index is 1410. The number of Topliss-reactive ketones (excluding diaryl/α,β-unsaturated/α-hetero) is 1. The van der Waals surface area contributed by atoms with Gasteiger partial charge in [0.25, 0.3) is 5.91 Å². The maximum Gasteiger partial charge on any atom is 0.264 e. The van der Waals surface area contributed by atoms with Crippen molar-refractivity contribution in [2.45, 2.75) is 18.6 Å². The molecule has 4 aromatic carbocycles. The third-order valence-corrected chi connectivity index (χ3v) is 6.81. The number of hydrogen-bond acceptors (Lipinski definition) is 3. The predicted octanol–water partition coefficient (Wildman–Crippen LogP) is 6.15. The number of halogens is 2. The van der Waals surface area contributed by atoms with Crippen LogP contribution >= 0.6 is 23.2 Å². The molecule has 1 aliphatic rings. The molecule has 4 nitrogen and oxygen atoms in total. The van der Waals surface area contributed by atoms with Crippen LogP contribution in [-0.2, 0) is 16.9 Å². The van der Waals surface area contributed by atoms with Crippen LogP contribution in [0.5, 0.6) is 0 Å². The van der Waals surface area contributed by atoms with Crippen molar-refractivity contribution in [1.82, 2.24) is 0 Å². The first-order valence-electron chi connectivity index (χ1n) is 10.5. The number of nitrogens with zero attached hydrogens (tertiary/aromatic N) is 1. The van der Waals surface area contributed by atoms with Gasteiger partial charge in [0.2, 0.25) is 0 Å². The van der Waals surface area contributed by atoms with Gasteiger partial charge in [-0.1, -0.05) is 89.9 Å². The van der Waals surface area contributed by atoms with E-state index in [1.54, 1.807) is 54.6 Å². The summed E-state index contributed by atoms with van der Waals surface area (Å²) in [6.45, 7) is 0.192. The highest BCUT2D eigenvalue weighted by Crippen LogP contribution is 2.44. The zero-order chi connectivity index (χ0) is 23.2. The van der Waals surface area contributed by atoms with Crippen LogP contribution in [0.3, 0.4) is 0 Å². The van der Waals surface area contributed by atoms with E-state index in [2.05, 4.69) is 0 Å². The first-order chi connectivity index (χ1) is 15.9. The van der Waals surface area contributed by atoms with E-state index in [1.807, 2.05) is 30.3 Å². The number of para-hydroxylation sites is 1. The average molecular weight is 476 g/mol. The molecule has 1 aliphatic heterocycles. The van der Waals surface area contributed by atoms with Crippen molar-refractivity contribution in [3.05, 3.63) is 112 Å². The Balaban J connectivity index is 1.51. The van der Waals surface area contributed by atoms with Gasteiger partial charge >= 0.3 is 0 Å². The van der Waals surface area contributed by atoms with Gasteiger partial charge < -0.3 is 10.0 Å². The Hall–Kier alpha value is -3.18. The SMILES string of the molecule is O=C(CC1(O)C(=O)N(Cc2ccc(Cl)c(Cl)c2)c2ccccc21)c1cccc2ccccc12. The number of rotatable bonds is 5. The Labute approximate surface area is 201 Å². The minimum atomic E-state index is -1.96. The number of ketones is 1. The summed E-state index contributed by atoms with van der Waals surface area (Å²) in [7, 11) is 0. The minimum Gasteiger partial charge on any atom is -0.375 e. The summed E-state index contributed by atoms with van der Waals surface area (Å²) in [6.07, 6.45) is -0.352. The summed E-state index contributed by atoms with van der Waals surface area (Å²) in [5.74, 6) is -0.836. The molecular formula is C27H19Cl2NO3. The Morgan fingerprint density at radius 1 is 0.879 bits per heavy atom. The Kier molecular flexibility index (Phi) is 5.45. The fraction of sp³-hybridized carbons (Fsp3) is 0.111. The Morgan fingerprint density at radius 3 is 2.42 bits per heavy atom. The number of benzene rings is 4. The van der Waals surface area contributed by atoms with Gasteiger partial charge in [-0.05, 0) is 34.5 Å². The number of hydrogen-bond donors (Lipinski definition) is 1. The summed E-state index contributed by atoms with van der Waals surface area (Å²) >= 11 is 12.2. The zero-order valence-corrected chi connectivity index (χ0v) is 19.0. The summed E-state index contributed by atoms with van der Waals surface area (Å²) in [4.78, 5) is 28.4. The van der Waals surface area contributed by atoms with Gasteiger partial charge in [-0.2, -0.15) is 0 Å². The van der Waals surface area contributed by atoms with E-state index in [1.165, 1.54) is 4.90 Å². The number of aliphatic hydroxyl groups is 1. The second-order valence-corrected chi connectivity index (χ2v) is 8.96. The lowest BCUT2D eigenvalue weighted by atomic mass is 9.87. The van der Waals surface area contributed by atoms with Gasteiger partial charge in [0.05, 0.1) is 28.7 Å². The fourth-order valence-corrected chi connectivity index (χ4v) is 4.77. The highest BCUT2D eigenvalue weighted by atomic mass is 35.5. The van der Waals surface area contributed by atoms with E-state index in [4.69, 9.17) is 23.2 Å². The largest absolute Gasteiger partial charge is 0.375 e. The van der Waals surface area contributed by atoms with Crippen molar-refractivity contribution in [2.24, 2.45) is 0 Å². The topological polar surface area (TPSA) is 57.6 Å². The van der Waals surface area contributed by atoms with Crippen molar-refractivity contribution in [2.75, 3.05) is 4.90 Å². The molecule has 0 saturated carbocycles. The number of carbonyl (C=O) groups is 2. The second kappa shape index (κ2) is 8.31. The summed E-state index contributed by atoms with van der Waals surface area (Å²) in [6, 6.07) is 25.2. The molecule has 0 bridgehead atoms. The van der Waals surface area contributed by atoms with Crippen molar-refractivity contribution in [1.29, 1.82) is 0 Å². The van der Waals surface area contributed by atoms with Gasteiger partial charge in [-0.3, -0.25) is 9.59 Å². The fourth-order valence-electron chi connectivity index (χ4n) is 4.45. The number of amides is 1. The van der Waals surface area contributed by atoms with Gasteiger partial charge in [0.1, 0.15) is 0 Å². The quantitative estimate of drug-likeness (QED) is 0.352. The van der Waals surface area contributed by atoms with Crippen LogP contribution in [0.4, 0.5) is 5.69 Å². The van der Waals surface area contributed by atoms with Crippen LogP contribution < -0.4 is 4.90 Å². The summed E-state index contributed by atoms with van der Waals surface area (Å²) in [5.41, 5.74) is 0.276. The molecule has 1 amide bonds. The normalized spacial score (nSPS) is 17.4. The van der Waals surface area contributed by atoms with E-state index in [9.17, 15) is 14.7 Å². The van der Waals surface area contributed by atoms with Crippen LogP contribution in [0.25, 0.3) is 10.8 Å². The molecule has 1 atom stereocenters. The van der Waals surface area contributed by atoms with Gasteiger partial charge in [-0.25, -0.2) is 0 Å². The van der Waals surface area contributed by atoms with E-state index in [0.29, 0.717) is 26.9 Å². The van der Waals surface area contributed by atoms with Crippen LogP contribution in [0.2, 0.25) is 10.0 Å². The van der Waals surface area contributed by atoms with Crippen molar-refractivity contribution in [3.8, 4) is 0 Å². The minimum absolute atomic E-state index is 0.192. The molecule has 33 heavy (non-hydrogen) atoms. The Morgan fingerprint density at radius 2 is 1.61 bits per heavy atom. The lowest BCUT2D eigenvalue weighted by Crippen LogP contribution is -2.41. The van der Waals surface area contributed by atoms with Crippen molar-refractivity contribution >= 4 is 51.4 Å². The standard InChI is InChI=1S/C27H19Cl2NO3/c28-22-13-12-17(14-23(22)29)16-30-24-11-4-3-10-21(24)27(33,26(30)32)15-25(31)20-9-5-7-18-6-1-2-8-19(18)20/h1-14,33H,15-16H2. The second-order valence-electron chi connectivity index (χ2n) is 8.14. The van der Waals surface area contributed by atoms with Crippen LogP contribution in [0, 0.1) is 0 Å². The molecule has 1 heterocycles. The highest BCUT2D eigenvalue weighted by molar-refractivity contribution is 6.42. The molecule has 4 aromatic rings. The molecule has 0 radical (unpaired) electrons. The molecule has 0 fully saturated rings. The smallest absolute Gasteiger partial charge is 0.264 e. The van der Waals surface area contributed by atoms with E-state index < -0.39 is 11.5 Å². The summed E-state index contributed by atoms with van der Waals surface area (Å²) < 4.78 is 0. The average Bonchev–Trinajstić information content (AvgIpc) is 3.03. The molecule has 164 valence electrons. The van der Waals surface area contributed by atoms with Gasteiger partial charge in [0, 0.05) is 11.1 Å². The van der Waals surface area contributed by atoms with E-state index in [0.717, 1.165) is 16.3 Å². The first kappa shape index (κ1) is 21.7. The summed E-state index contributed by atoms with van der Waals surface area (Å²) in [5, 5.41) is 14.1. The number of fused-ring (bicyclic) bond motifs is 2. The molecule has 5 rings (SSSR count). The number of anilines is 1. The third-order valence-electron chi connectivity index (χ3n) is 6.07. The molecule has 0 saturated heterocycles.